The lowest BCUT2D eigenvalue weighted by Gasteiger charge is -2.15. The maximum Gasteiger partial charge on any atom is 0.329 e. The summed E-state index contributed by atoms with van der Waals surface area (Å²) < 4.78 is 11.4. The van der Waals surface area contributed by atoms with Gasteiger partial charge in [-0.15, -0.1) is 11.6 Å². The highest BCUT2D eigenvalue weighted by molar-refractivity contribution is 6.30. The quantitative estimate of drug-likeness (QED) is 0.0625. The maximum absolute atomic E-state index is 12.2. The van der Waals surface area contributed by atoms with E-state index in [0.29, 0.717) is 5.75 Å². The Balaban J connectivity index is 1.52. The van der Waals surface area contributed by atoms with Crippen molar-refractivity contribution in [2.24, 2.45) is 5.92 Å². The number of carbonyl (C=O) groups is 1. The molecule has 0 saturated heterocycles. The summed E-state index contributed by atoms with van der Waals surface area (Å²) in [6.45, 7) is 7.03. The van der Waals surface area contributed by atoms with Crippen LogP contribution in [-0.4, -0.2) is 18.0 Å². The summed E-state index contributed by atoms with van der Waals surface area (Å²) >= 11 is 6.20. The van der Waals surface area contributed by atoms with E-state index in [1.54, 1.807) is 0 Å². The van der Waals surface area contributed by atoms with E-state index in [-0.39, 0.29) is 5.92 Å². The minimum Gasteiger partial charge on any atom is -0.494 e. The molecule has 2 rings (SSSR count). The Morgan fingerprint density at radius 1 is 0.641 bits per heavy atom. The summed E-state index contributed by atoms with van der Waals surface area (Å²) in [6.07, 6.45) is 21.4. The predicted octanol–water partition coefficient (Wildman–Crippen LogP) is 11.2. The van der Waals surface area contributed by atoms with Crippen LogP contribution in [0.15, 0.2) is 48.5 Å². The molecule has 0 aliphatic rings. The number of unbranched alkanes of at least 4 members (excludes halogenated alkanes) is 14. The third-order valence-corrected chi connectivity index (χ3v) is 8.25. The van der Waals surface area contributed by atoms with Gasteiger partial charge in [-0.25, -0.2) is 0 Å². The monoisotopic (exact) mass is 556 g/mol. The molecule has 0 aromatic heterocycles. The van der Waals surface area contributed by atoms with Crippen molar-refractivity contribution in [2.75, 3.05) is 6.61 Å². The van der Waals surface area contributed by atoms with E-state index in [4.69, 9.17) is 21.1 Å². The number of hydrogen-bond donors (Lipinski definition) is 0. The van der Waals surface area contributed by atoms with Crippen molar-refractivity contribution in [3.05, 3.63) is 48.5 Å². The van der Waals surface area contributed by atoms with Crippen LogP contribution >= 0.6 is 11.6 Å². The second-order valence-corrected chi connectivity index (χ2v) is 11.5. The molecule has 3 nitrogen and oxygen atoms in total. The Bertz CT molecular complexity index is 878. The molecule has 0 aliphatic carbocycles. The van der Waals surface area contributed by atoms with E-state index in [1.807, 2.05) is 50.2 Å². The fourth-order valence-electron chi connectivity index (χ4n) is 4.73. The van der Waals surface area contributed by atoms with Gasteiger partial charge in [-0.2, -0.15) is 0 Å². The van der Waals surface area contributed by atoms with Gasteiger partial charge in [0, 0.05) is 0 Å². The standard InChI is InChI=1S/C35H53ClO3/c1-4-6-7-8-9-10-11-12-13-14-15-16-17-18-19-28-38-32-24-20-30(21-25-32)31-22-26-33(27-23-31)39-35(37)34(36)29(3)5-2/h20-27,29,34H,4-19,28H2,1-3H3. The lowest BCUT2D eigenvalue weighted by Crippen LogP contribution is -2.26. The molecular weight excluding hydrogens is 504 g/mol. The molecular formula is C35H53ClO3. The predicted molar refractivity (Wildman–Crippen MR) is 167 cm³/mol. The number of hydrogen-bond acceptors (Lipinski definition) is 3. The first-order chi connectivity index (χ1) is 19.0. The molecule has 2 aromatic rings. The minimum atomic E-state index is -0.628. The Morgan fingerprint density at radius 3 is 1.49 bits per heavy atom. The highest BCUT2D eigenvalue weighted by Crippen LogP contribution is 2.26. The minimum absolute atomic E-state index is 0.0818. The third kappa shape index (κ3) is 14.3. The van der Waals surface area contributed by atoms with Crippen LogP contribution in [-0.2, 0) is 4.79 Å². The molecule has 0 radical (unpaired) electrons. The number of esters is 1. The van der Waals surface area contributed by atoms with Crippen LogP contribution in [0.4, 0.5) is 0 Å². The van der Waals surface area contributed by atoms with Crippen molar-refractivity contribution < 1.29 is 14.3 Å². The van der Waals surface area contributed by atoms with Gasteiger partial charge in [-0.05, 0) is 47.7 Å². The van der Waals surface area contributed by atoms with E-state index >= 15 is 0 Å². The lowest BCUT2D eigenvalue weighted by atomic mass is 10.0. The first-order valence-electron chi connectivity index (χ1n) is 15.7. The van der Waals surface area contributed by atoms with E-state index in [2.05, 4.69) is 19.1 Å². The Hall–Kier alpha value is -2.00. The molecule has 2 atom stereocenters. The molecule has 0 N–H and O–H groups in total. The topological polar surface area (TPSA) is 35.5 Å². The zero-order valence-corrected chi connectivity index (χ0v) is 25.7. The molecule has 0 saturated carbocycles. The summed E-state index contributed by atoms with van der Waals surface area (Å²) in [6, 6.07) is 15.7. The average molecular weight is 557 g/mol. The molecule has 218 valence electrons. The molecule has 0 fully saturated rings. The average Bonchev–Trinajstić information content (AvgIpc) is 2.96. The number of alkyl halides is 1. The van der Waals surface area contributed by atoms with Crippen molar-refractivity contribution in [3.63, 3.8) is 0 Å². The van der Waals surface area contributed by atoms with Crippen LogP contribution in [0, 0.1) is 5.92 Å². The highest BCUT2D eigenvalue weighted by atomic mass is 35.5. The molecule has 0 heterocycles. The Labute approximate surface area is 244 Å². The second-order valence-electron chi connectivity index (χ2n) is 11.1. The lowest BCUT2D eigenvalue weighted by molar-refractivity contribution is -0.134. The van der Waals surface area contributed by atoms with Crippen molar-refractivity contribution in [1.29, 1.82) is 0 Å². The van der Waals surface area contributed by atoms with Crippen LogP contribution in [0.3, 0.4) is 0 Å². The summed E-state index contributed by atoms with van der Waals surface area (Å²) in [7, 11) is 0. The molecule has 0 spiro atoms. The Morgan fingerprint density at radius 2 is 1.05 bits per heavy atom. The van der Waals surface area contributed by atoms with E-state index in [0.717, 1.165) is 36.3 Å². The molecule has 0 bridgehead atoms. The van der Waals surface area contributed by atoms with Crippen LogP contribution in [0.5, 0.6) is 11.5 Å². The van der Waals surface area contributed by atoms with Gasteiger partial charge in [0.2, 0.25) is 0 Å². The number of halogens is 1. The summed E-state index contributed by atoms with van der Waals surface area (Å²) in [5.41, 5.74) is 2.16. The van der Waals surface area contributed by atoms with Crippen LogP contribution in [0.25, 0.3) is 11.1 Å². The van der Waals surface area contributed by atoms with Gasteiger partial charge < -0.3 is 9.47 Å². The van der Waals surface area contributed by atoms with Gasteiger partial charge in [-0.1, -0.05) is 141 Å². The molecule has 2 unspecified atom stereocenters. The van der Waals surface area contributed by atoms with Gasteiger partial charge in [0.05, 0.1) is 6.61 Å². The normalized spacial score (nSPS) is 12.7. The Kier molecular flexibility index (Phi) is 17.7. The summed E-state index contributed by atoms with van der Waals surface area (Å²) in [5.74, 6) is 1.11. The molecule has 0 aliphatic heterocycles. The molecule has 0 amide bonds. The van der Waals surface area contributed by atoms with Gasteiger partial charge in [0.15, 0.2) is 0 Å². The van der Waals surface area contributed by atoms with Crippen LogP contribution in [0.1, 0.15) is 124 Å². The number of ether oxygens (including phenoxy) is 2. The van der Waals surface area contributed by atoms with Crippen LogP contribution < -0.4 is 9.47 Å². The zero-order valence-electron chi connectivity index (χ0n) is 24.9. The fourth-order valence-corrected chi connectivity index (χ4v) is 4.96. The van der Waals surface area contributed by atoms with E-state index in [9.17, 15) is 4.79 Å². The first-order valence-corrected chi connectivity index (χ1v) is 16.2. The SMILES string of the molecule is CCCCCCCCCCCCCCCCCOc1ccc(-c2ccc(OC(=O)C(Cl)C(C)CC)cc2)cc1. The summed E-state index contributed by atoms with van der Waals surface area (Å²) in [5, 5.41) is -0.628. The number of benzene rings is 2. The maximum atomic E-state index is 12.2. The number of carbonyl (C=O) groups excluding carboxylic acids is 1. The molecule has 4 heteroatoms. The smallest absolute Gasteiger partial charge is 0.329 e. The van der Waals surface area contributed by atoms with Gasteiger partial charge in [-0.3, -0.25) is 4.79 Å². The van der Waals surface area contributed by atoms with Crippen molar-refractivity contribution in [1.82, 2.24) is 0 Å². The second kappa shape index (κ2) is 20.8. The van der Waals surface area contributed by atoms with Crippen molar-refractivity contribution in [2.45, 2.75) is 129 Å². The van der Waals surface area contributed by atoms with E-state index < -0.39 is 11.3 Å². The number of rotatable bonds is 22. The largest absolute Gasteiger partial charge is 0.494 e. The van der Waals surface area contributed by atoms with Gasteiger partial charge >= 0.3 is 5.97 Å². The van der Waals surface area contributed by atoms with Crippen molar-refractivity contribution >= 4 is 17.6 Å². The van der Waals surface area contributed by atoms with Crippen LogP contribution in [0.2, 0.25) is 0 Å². The van der Waals surface area contributed by atoms with Crippen molar-refractivity contribution in [3.8, 4) is 22.6 Å². The fraction of sp³-hybridized carbons (Fsp3) is 0.629. The molecule has 39 heavy (non-hydrogen) atoms. The van der Waals surface area contributed by atoms with E-state index in [1.165, 1.54) is 89.9 Å². The third-order valence-electron chi connectivity index (χ3n) is 7.65. The zero-order chi connectivity index (χ0) is 28.1. The first kappa shape index (κ1) is 33.2. The van der Waals surface area contributed by atoms with Gasteiger partial charge in [0.25, 0.3) is 0 Å². The highest BCUT2D eigenvalue weighted by Gasteiger charge is 2.23. The summed E-state index contributed by atoms with van der Waals surface area (Å²) in [4.78, 5) is 12.2. The van der Waals surface area contributed by atoms with Gasteiger partial charge in [0.1, 0.15) is 16.9 Å². The molecule has 2 aromatic carbocycles.